The lowest BCUT2D eigenvalue weighted by Gasteiger charge is -2.09. The van der Waals surface area contributed by atoms with E-state index in [9.17, 15) is 9.59 Å². The first kappa shape index (κ1) is 25.0. The minimum atomic E-state index is -0.174. The van der Waals surface area contributed by atoms with Crippen LogP contribution in [-0.2, 0) is 17.8 Å². The maximum atomic E-state index is 12.6. The minimum absolute atomic E-state index is 0.128. The van der Waals surface area contributed by atoms with Crippen molar-refractivity contribution in [3.8, 4) is 5.75 Å². The molecule has 0 aliphatic carbocycles. The van der Waals surface area contributed by atoms with E-state index in [1.54, 1.807) is 37.5 Å². The summed E-state index contributed by atoms with van der Waals surface area (Å²) >= 11 is 1.31. The molecule has 0 fully saturated rings. The van der Waals surface area contributed by atoms with Crippen molar-refractivity contribution in [1.82, 2.24) is 20.1 Å². The van der Waals surface area contributed by atoms with E-state index in [4.69, 9.17) is 4.74 Å². The van der Waals surface area contributed by atoms with Crippen LogP contribution in [0.5, 0.6) is 5.75 Å². The van der Waals surface area contributed by atoms with Crippen LogP contribution in [0.3, 0.4) is 0 Å². The van der Waals surface area contributed by atoms with Crippen molar-refractivity contribution in [2.24, 2.45) is 0 Å². The second-order valence-corrected chi connectivity index (χ2v) is 8.87. The zero-order chi connectivity index (χ0) is 25.3. The number of rotatable bonds is 11. The maximum absolute atomic E-state index is 12.6. The average Bonchev–Trinajstić information content (AvgIpc) is 3.28. The van der Waals surface area contributed by atoms with E-state index in [1.165, 1.54) is 11.8 Å². The highest BCUT2D eigenvalue weighted by molar-refractivity contribution is 7.99. The lowest BCUT2D eigenvalue weighted by Crippen LogP contribution is -2.26. The molecule has 1 aromatic heterocycles. The Balaban J connectivity index is 1.31. The molecule has 4 rings (SSSR count). The number of hydrogen-bond acceptors (Lipinski definition) is 6. The number of nitrogens with one attached hydrogen (secondary N) is 2. The number of carbonyl (C=O) groups is 2. The maximum Gasteiger partial charge on any atom is 0.251 e. The number of hydrogen-bond donors (Lipinski definition) is 2. The molecule has 1 heterocycles. The number of ether oxygens (including phenoxy) is 1. The van der Waals surface area contributed by atoms with Crippen LogP contribution in [0.4, 0.5) is 5.69 Å². The van der Waals surface area contributed by atoms with Gasteiger partial charge in [-0.05, 0) is 47.2 Å². The Labute approximate surface area is 213 Å². The van der Waals surface area contributed by atoms with Gasteiger partial charge < -0.3 is 19.9 Å². The molecule has 9 heteroatoms. The third-order valence-corrected chi connectivity index (χ3v) is 6.42. The monoisotopic (exact) mass is 501 g/mol. The Bertz CT molecular complexity index is 1370. The molecule has 4 aromatic rings. The summed E-state index contributed by atoms with van der Waals surface area (Å²) in [6, 6.07) is 20.8. The number of benzene rings is 3. The quantitative estimate of drug-likeness (QED) is 0.235. The summed E-state index contributed by atoms with van der Waals surface area (Å²) < 4.78 is 7.02. The van der Waals surface area contributed by atoms with Gasteiger partial charge in [0.05, 0.1) is 12.9 Å². The van der Waals surface area contributed by atoms with E-state index < -0.39 is 0 Å². The molecule has 0 atom stereocenters. The summed E-state index contributed by atoms with van der Waals surface area (Å²) in [7, 11) is 1.58. The summed E-state index contributed by atoms with van der Waals surface area (Å²) in [6.45, 7) is 4.71. The van der Waals surface area contributed by atoms with Crippen molar-refractivity contribution in [2.45, 2.75) is 18.1 Å². The van der Waals surface area contributed by atoms with Gasteiger partial charge >= 0.3 is 0 Å². The van der Waals surface area contributed by atoms with E-state index in [1.807, 2.05) is 47.0 Å². The Morgan fingerprint density at radius 2 is 1.83 bits per heavy atom. The number of nitrogens with zero attached hydrogens (tertiary/aromatic N) is 3. The molecule has 0 bridgehead atoms. The Kier molecular flexibility index (Phi) is 8.36. The predicted molar refractivity (Wildman–Crippen MR) is 143 cm³/mol. The highest BCUT2D eigenvalue weighted by Gasteiger charge is 2.14. The third kappa shape index (κ3) is 6.31. The van der Waals surface area contributed by atoms with Gasteiger partial charge in [0.2, 0.25) is 5.91 Å². The lowest BCUT2D eigenvalue weighted by molar-refractivity contribution is -0.113. The number of methoxy groups -OCH3 is 1. The number of thioether (sulfide) groups is 1. The average molecular weight is 502 g/mol. The summed E-state index contributed by atoms with van der Waals surface area (Å²) in [6.07, 6.45) is 2.24. The molecule has 0 saturated heterocycles. The first-order valence-corrected chi connectivity index (χ1v) is 12.4. The summed E-state index contributed by atoms with van der Waals surface area (Å²) in [5.74, 6) is 1.29. The highest BCUT2D eigenvalue weighted by atomic mass is 32.2. The standard InChI is InChI=1S/C27H27N5O3S/c1-3-16-32-24(14-15-28-26(34)20-9-12-23(35-2)13-10-20)30-31-27(32)36-18-25(33)29-22-11-8-19-6-4-5-7-21(19)17-22/h3-13,17H,1,14-16,18H2,2H3,(H,28,34)(H,29,33). The van der Waals surface area contributed by atoms with Crippen LogP contribution >= 0.6 is 11.8 Å². The zero-order valence-electron chi connectivity index (χ0n) is 19.9. The molecule has 0 radical (unpaired) electrons. The van der Waals surface area contributed by atoms with E-state index in [0.29, 0.717) is 41.8 Å². The molecule has 3 aromatic carbocycles. The van der Waals surface area contributed by atoms with Gasteiger partial charge in [0.25, 0.3) is 5.91 Å². The number of amides is 2. The largest absolute Gasteiger partial charge is 0.497 e. The zero-order valence-corrected chi connectivity index (χ0v) is 20.8. The van der Waals surface area contributed by atoms with Gasteiger partial charge in [-0.25, -0.2) is 0 Å². The highest BCUT2D eigenvalue weighted by Crippen LogP contribution is 2.21. The van der Waals surface area contributed by atoms with Crippen molar-refractivity contribution in [3.63, 3.8) is 0 Å². The van der Waals surface area contributed by atoms with Crippen molar-refractivity contribution in [3.05, 3.63) is 90.8 Å². The molecule has 0 aliphatic heterocycles. The minimum Gasteiger partial charge on any atom is -0.497 e. The van der Waals surface area contributed by atoms with E-state index in [2.05, 4.69) is 27.4 Å². The predicted octanol–water partition coefficient (Wildman–Crippen LogP) is 4.33. The molecule has 2 amide bonds. The SMILES string of the molecule is C=CCn1c(CCNC(=O)c2ccc(OC)cc2)nnc1SCC(=O)Nc1ccc2ccccc2c1. The Hall–Kier alpha value is -4.11. The van der Waals surface area contributed by atoms with Gasteiger partial charge in [0.1, 0.15) is 11.6 Å². The van der Waals surface area contributed by atoms with E-state index in [-0.39, 0.29) is 17.6 Å². The summed E-state index contributed by atoms with van der Waals surface area (Å²) in [5.41, 5.74) is 1.30. The van der Waals surface area contributed by atoms with Crippen molar-refractivity contribution >= 4 is 40.0 Å². The number of anilines is 1. The van der Waals surface area contributed by atoms with Crippen molar-refractivity contribution < 1.29 is 14.3 Å². The van der Waals surface area contributed by atoms with Crippen LogP contribution in [0.1, 0.15) is 16.2 Å². The summed E-state index contributed by atoms with van der Waals surface area (Å²) in [4.78, 5) is 24.9. The van der Waals surface area contributed by atoms with Gasteiger partial charge in [-0.2, -0.15) is 0 Å². The smallest absolute Gasteiger partial charge is 0.251 e. The van der Waals surface area contributed by atoms with Crippen molar-refractivity contribution in [2.75, 3.05) is 24.7 Å². The fraction of sp³-hybridized carbons (Fsp3) is 0.185. The lowest BCUT2D eigenvalue weighted by atomic mass is 10.1. The first-order valence-electron chi connectivity index (χ1n) is 11.4. The van der Waals surface area contributed by atoms with Gasteiger partial charge in [-0.3, -0.25) is 9.59 Å². The molecule has 0 aliphatic rings. The molecule has 0 saturated carbocycles. The number of aromatic nitrogens is 3. The molecular formula is C27H27N5O3S. The molecule has 0 spiro atoms. The first-order chi connectivity index (χ1) is 17.6. The molecule has 36 heavy (non-hydrogen) atoms. The fourth-order valence-electron chi connectivity index (χ4n) is 3.65. The normalized spacial score (nSPS) is 10.7. The number of carbonyl (C=O) groups excluding carboxylic acids is 2. The van der Waals surface area contributed by atoms with E-state index >= 15 is 0 Å². The molecule has 2 N–H and O–H groups in total. The second kappa shape index (κ2) is 12.0. The molecule has 0 unspecified atom stereocenters. The van der Waals surface area contributed by atoms with Crippen LogP contribution in [0.25, 0.3) is 10.8 Å². The second-order valence-electron chi connectivity index (χ2n) is 7.93. The van der Waals surface area contributed by atoms with Gasteiger partial charge in [-0.1, -0.05) is 48.2 Å². The van der Waals surface area contributed by atoms with Crippen LogP contribution in [0.15, 0.2) is 84.5 Å². The number of fused-ring (bicyclic) bond motifs is 1. The van der Waals surface area contributed by atoms with Gasteiger partial charge in [0, 0.05) is 30.8 Å². The van der Waals surface area contributed by atoms with Crippen LogP contribution in [0, 0.1) is 0 Å². The Morgan fingerprint density at radius 1 is 1.06 bits per heavy atom. The topological polar surface area (TPSA) is 98.1 Å². The fourth-order valence-corrected chi connectivity index (χ4v) is 4.42. The van der Waals surface area contributed by atoms with Crippen LogP contribution < -0.4 is 15.4 Å². The Morgan fingerprint density at radius 3 is 2.58 bits per heavy atom. The molecule has 184 valence electrons. The number of allylic oxidation sites excluding steroid dienone is 1. The van der Waals surface area contributed by atoms with Crippen LogP contribution in [-0.4, -0.2) is 46.0 Å². The van der Waals surface area contributed by atoms with Crippen LogP contribution in [0.2, 0.25) is 0 Å². The van der Waals surface area contributed by atoms with Gasteiger partial charge in [-0.15, -0.1) is 16.8 Å². The molecule has 8 nitrogen and oxygen atoms in total. The summed E-state index contributed by atoms with van der Waals surface area (Å²) in [5, 5.41) is 17.2. The molecular weight excluding hydrogens is 474 g/mol. The third-order valence-electron chi connectivity index (χ3n) is 5.46. The van der Waals surface area contributed by atoms with Crippen molar-refractivity contribution in [1.29, 1.82) is 0 Å². The van der Waals surface area contributed by atoms with Gasteiger partial charge in [0.15, 0.2) is 5.16 Å². The van der Waals surface area contributed by atoms with E-state index in [0.717, 1.165) is 16.5 Å².